The fraction of sp³-hybridized carbons (Fsp3) is 0.214. The largest absolute Gasteiger partial charge is 0.382 e. The maximum atomic E-state index is 6.10. The monoisotopic (exact) mass is 453 g/mol. The van der Waals surface area contributed by atoms with Gasteiger partial charge in [-0.15, -0.1) is 0 Å². The summed E-state index contributed by atoms with van der Waals surface area (Å²) in [4.78, 5) is 11.6. The summed E-state index contributed by atoms with van der Waals surface area (Å²) in [5.74, 6) is 0. The Hall–Kier alpha value is -3.28. The van der Waals surface area contributed by atoms with Crippen LogP contribution in [0.2, 0.25) is 0 Å². The van der Waals surface area contributed by atoms with Crippen molar-refractivity contribution in [2.24, 2.45) is 0 Å². The number of aromatic nitrogens is 1. The lowest BCUT2D eigenvalue weighted by Gasteiger charge is -2.39. The maximum Gasteiger partial charge on any atom is 0.100 e. The summed E-state index contributed by atoms with van der Waals surface area (Å²) >= 11 is 5.90. The molecule has 4 nitrogen and oxygen atoms in total. The fourth-order valence-corrected chi connectivity index (χ4v) is 5.18. The Bertz CT molecular complexity index is 1340. The van der Waals surface area contributed by atoms with Crippen molar-refractivity contribution in [2.45, 2.75) is 31.3 Å². The first-order chi connectivity index (χ1) is 16.2. The SMILES string of the molecule is CNC(=S)C1(c2cnc3ccccc3c2)CCCC=C1NOCc1cccc2ccccc12. The number of nitrogens with one attached hydrogen (secondary N) is 2. The number of rotatable bonds is 6. The van der Waals surface area contributed by atoms with E-state index in [-0.39, 0.29) is 0 Å². The molecule has 1 unspecified atom stereocenters. The Kier molecular flexibility index (Phi) is 6.07. The summed E-state index contributed by atoms with van der Waals surface area (Å²) in [6.45, 7) is 0.455. The molecular formula is C28H27N3OS. The molecular weight excluding hydrogens is 426 g/mol. The van der Waals surface area contributed by atoms with Gasteiger partial charge in [0, 0.05) is 18.6 Å². The predicted molar refractivity (Wildman–Crippen MR) is 139 cm³/mol. The topological polar surface area (TPSA) is 46.2 Å². The number of thiocarbonyl (C=S) groups is 1. The van der Waals surface area contributed by atoms with Crippen LogP contribution in [0.5, 0.6) is 0 Å². The van der Waals surface area contributed by atoms with Crippen molar-refractivity contribution in [1.29, 1.82) is 0 Å². The number of pyridine rings is 1. The van der Waals surface area contributed by atoms with Crippen molar-refractivity contribution in [3.05, 3.63) is 102 Å². The van der Waals surface area contributed by atoms with E-state index in [9.17, 15) is 0 Å². The Morgan fingerprint density at radius 3 is 2.70 bits per heavy atom. The zero-order valence-corrected chi connectivity index (χ0v) is 19.5. The van der Waals surface area contributed by atoms with Gasteiger partial charge in [-0.25, -0.2) is 0 Å². The highest BCUT2D eigenvalue weighted by molar-refractivity contribution is 7.80. The van der Waals surface area contributed by atoms with Gasteiger partial charge < -0.3 is 5.32 Å². The Morgan fingerprint density at radius 1 is 1.03 bits per heavy atom. The maximum absolute atomic E-state index is 6.10. The van der Waals surface area contributed by atoms with Crippen LogP contribution in [0.25, 0.3) is 21.7 Å². The number of hydrogen-bond acceptors (Lipinski definition) is 4. The molecule has 5 rings (SSSR count). The third-order valence-electron chi connectivity index (χ3n) is 6.55. The van der Waals surface area contributed by atoms with Gasteiger partial charge >= 0.3 is 0 Å². The lowest BCUT2D eigenvalue weighted by Crippen LogP contribution is -2.48. The highest BCUT2D eigenvalue weighted by Gasteiger charge is 2.42. The molecule has 166 valence electrons. The average Bonchev–Trinajstić information content (AvgIpc) is 2.88. The van der Waals surface area contributed by atoms with E-state index < -0.39 is 5.41 Å². The third kappa shape index (κ3) is 3.99. The molecule has 0 amide bonds. The molecule has 4 aromatic rings. The van der Waals surface area contributed by atoms with Crippen molar-refractivity contribution in [3.63, 3.8) is 0 Å². The predicted octanol–water partition coefficient (Wildman–Crippen LogP) is 5.96. The van der Waals surface area contributed by atoms with Gasteiger partial charge in [-0.05, 0) is 53.3 Å². The van der Waals surface area contributed by atoms with Crippen LogP contribution < -0.4 is 10.8 Å². The third-order valence-corrected chi connectivity index (χ3v) is 7.10. The second kappa shape index (κ2) is 9.30. The second-order valence-corrected chi connectivity index (χ2v) is 8.85. The fourth-order valence-electron chi connectivity index (χ4n) is 4.85. The number of hydroxylamine groups is 1. The van der Waals surface area contributed by atoms with Gasteiger partial charge in [-0.3, -0.25) is 15.3 Å². The minimum absolute atomic E-state index is 0.455. The summed E-state index contributed by atoms with van der Waals surface area (Å²) in [7, 11) is 1.89. The van der Waals surface area contributed by atoms with Gasteiger partial charge in [0.1, 0.15) is 6.61 Å². The zero-order chi connectivity index (χ0) is 22.7. The zero-order valence-electron chi connectivity index (χ0n) is 18.7. The molecule has 0 saturated carbocycles. The number of hydrogen-bond donors (Lipinski definition) is 2. The van der Waals surface area contributed by atoms with E-state index in [1.807, 2.05) is 31.4 Å². The van der Waals surface area contributed by atoms with Gasteiger partial charge in [0.15, 0.2) is 0 Å². The molecule has 0 saturated heterocycles. The summed E-state index contributed by atoms with van der Waals surface area (Å²) in [5.41, 5.74) is 6.97. The van der Waals surface area contributed by atoms with Gasteiger partial charge in [-0.2, -0.15) is 0 Å². The molecule has 2 N–H and O–H groups in total. The molecule has 0 radical (unpaired) electrons. The van der Waals surface area contributed by atoms with Crippen LogP contribution in [0.3, 0.4) is 0 Å². The molecule has 1 aliphatic rings. The molecule has 1 aliphatic carbocycles. The number of nitrogens with zero attached hydrogens (tertiary/aromatic N) is 1. The number of fused-ring (bicyclic) bond motifs is 2. The minimum atomic E-state index is -0.502. The molecule has 5 heteroatoms. The lowest BCUT2D eigenvalue weighted by atomic mass is 9.71. The van der Waals surface area contributed by atoms with Crippen LogP contribution in [0, 0.1) is 0 Å². The van der Waals surface area contributed by atoms with Crippen molar-refractivity contribution in [2.75, 3.05) is 7.05 Å². The molecule has 0 bridgehead atoms. The van der Waals surface area contributed by atoms with Crippen LogP contribution in [-0.4, -0.2) is 17.0 Å². The molecule has 33 heavy (non-hydrogen) atoms. The smallest absolute Gasteiger partial charge is 0.100 e. The van der Waals surface area contributed by atoms with Crippen LogP contribution in [-0.2, 0) is 16.9 Å². The van der Waals surface area contributed by atoms with Crippen molar-refractivity contribution >= 4 is 38.9 Å². The van der Waals surface area contributed by atoms with Crippen LogP contribution in [0.4, 0.5) is 0 Å². The Labute approximate surface area is 199 Å². The molecule has 1 aromatic heterocycles. The van der Waals surface area contributed by atoms with E-state index in [1.54, 1.807) is 0 Å². The van der Waals surface area contributed by atoms with E-state index in [4.69, 9.17) is 22.0 Å². The second-order valence-electron chi connectivity index (χ2n) is 8.44. The first-order valence-corrected chi connectivity index (χ1v) is 11.8. The van der Waals surface area contributed by atoms with Gasteiger partial charge in [-0.1, -0.05) is 79.0 Å². The van der Waals surface area contributed by atoms with Crippen LogP contribution >= 0.6 is 12.2 Å². The van der Waals surface area contributed by atoms with E-state index in [2.05, 4.69) is 71.5 Å². The quantitative estimate of drug-likeness (QED) is 0.279. The molecule has 0 fully saturated rings. The summed E-state index contributed by atoms with van der Waals surface area (Å²) in [5, 5.41) is 6.77. The average molecular weight is 454 g/mol. The molecule has 1 heterocycles. The van der Waals surface area contributed by atoms with E-state index in [0.717, 1.165) is 52.0 Å². The minimum Gasteiger partial charge on any atom is -0.382 e. The molecule has 0 spiro atoms. The summed E-state index contributed by atoms with van der Waals surface area (Å²) < 4.78 is 0. The number of para-hydroxylation sites is 1. The van der Waals surface area contributed by atoms with Crippen molar-refractivity contribution in [3.8, 4) is 0 Å². The van der Waals surface area contributed by atoms with E-state index >= 15 is 0 Å². The number of benzene rings is 3. The van der Waals surface area contributed by atoms with Crippen LogP contribution in [0.15, 0.2) is 90.8 Å². The molecule has 3 aromatic carbocycles. The number of likely N-dealkylation sites (N-methyl/N-ethyl adjacent to an activating group) is 1. The normalized spacial score (nSPS) is 18.2. The molecule has 1 atom stereocenters. The Morgan fingerprint density at radius 2 is 1.82 bits per heavy atom. The number of allylic oxidation sites excluding steroid dienone is 1. The van der Waals surface area contributed by atoms with Gasteiger partial charge in [0.05, 0.1) is 21.6 Å². The van der Waals surface area contributed by atoms with Gasteiger partial charge in [0.25, 0.3) is 0 Å². The Balaban J connectivity index is 1.46. The van der Waals surface area contributed by atoms with E-state index in [1.165, 1.54) is 10.8 Å². The summed E-state index contributed by atoms with van der Waals surface area (Å²) in [6, 6.07) is 25.1. The van der Waals surface area contributed by atoms with E-state index in [0.29, 0.717) is 6.61 Å². The highest BCUT2D eigenvalue weighted by Crippen LogP contribution is 2.41. The first kappa shape index (κ1) is 21.6. The summed E-state index contributed by atoms with van der Waals surface area (Å²) in [6.07, 6.45) is 7.09. The highest BCUT2D eigenvalue weighted by atomic mass is 32.1. The van der Waals surface area contributed by atoms with Crippen LogP contribution in [0.1, 0.15) is 30.4 Å². The molecule has 0 aliphatic heterocycles. The van der Waals surface area contributed by atoms with Crippen molar-refractivity contribution < 1.29 is 4.84 Å². The lowest BCUT2D eigenvalue weighted by molar-refractivity contribution is 0.0416. The van der Waals surface area contributed by atoms with Crippen molar-refractivity contribution in [1.82, 2.24) is 15.8 Å². The van der Waals surface area contributed by atoms with Gasteiger partial charge in [0.2, 0.25) is 0 Å². The standard InChI is InChI=1S/C28H27N3OS/c1-29-27(33)28(23-17-21-10-3-5-14-25(21)30-18-23)16-7-6-15-26(28)31-32-19-22-12-8-11-20-9-2-4-13-24(20)22/h2-5,8-15,17-18,31H,6-7,16,19H2,1H3,(H,29,33). The first-order valence-electron chi connectivity index (χ1n) is 11.3.